The summed E-state index contributed by atoms with van der Waals surface area (Å²) in [5, 5.41) is 3.42. The van der Waals surface area contributed by atoms with Crippen LogP contribution in [0.15, 0.2) is 59.7 Å². The number of amides is 1. The van der Waals surface area contributed by atoms with Crippen molar-refractivity contribution in [3.8, 4) is 0 Å². The van der Waals surface area contributed by atoms with Gasteiger partial charge in [0.1, 0.15) is 6.54 Å². The van der Waals surface area contributed by atoms with E-state index in [0.717, 1.165) is 54.3 Å². The SMILES string of the molecule is C=C(C)N=C/C(=C\C)c1ccc(C(=O)CCCC(CCC)CN(C)/C=c2/c(CC)c(C(=O)NCC(F)(F)F)ccc2=C)cc1. The molecular weight excluding hydrogens is 563 g/mol. The maximum atomic E-state index is 12.9. The Morgan fingerprint density at radius 1 is 1.07 bits per heavy atom. The Morgan fingerprint density at radius 2 is 1.73 bits per heavy atom. The van der Waals surface area contributed by atoms with E-state index in [1.807, 2.05) is 69.7 Å². The summed E-state index contributed by atoms with van der Waals surface area (Å²) in [5.41, 5.74) is 4.25. The number of carbonyl (C=O) groups is 2. The summed E-state index contributed by atoms with van der Waals surface area (Å²) in [6.45, 7) is 15.0. The Balaban J connectivity index is 2.09. The Kier molecular flexibility index (Phi) is 14.3. The predicted octanol–water partition coefficient (Wildman–Crippen LogP) is 7.10. The number of halogens is 3. The van der Waals surface area contributed by atoms with Gasteiger partial charge in [0.25, 0.3) is 5.91 Å². The van der Waals surface area contributed by atoms with Crippen molar-refractivity contribution in [2.75, 3.05) is 20.1 Å². The van der Waals surface area contributed by atoms with E-state index in [2.05, 4.69) is 30.0 Å². The lowest BCUT2D eigenvalue weighted by Gasteiger charge is -2.23. The van der Waals surface area contributed by atoms with Crippen LogP contribution in [0.4, 0.5) is 13.2 Å². The summed E-state index contributed by atoms with van der Waals surface area (Å²) in [6, 6.07) is 10.8. The fraction of sp³-hybridized carbons (Fsp3) is 0.417. The largest absolute Gasteiger partial charge is 0.405 e. The second kappa shape index (κ2) is 17.4. The molecule has 0 bridgehead atoms. The van der Waals surface area contributed by atoms with Crippen molar-refractivity contribution in [3.63, 3.8) is 0 Å². The molecule has 0 aliphatic rings. The molecule has 5 nitrogen and oxygen atoms in total. The van der Waals surface area contributed by atoms with E-state index in [0.29, 0.717) is 35.1 Å². The number of rotatable bonds is 16. The first-order valence-electron chi connectivity index (χ1n) is 15.2. The number of hydrogen-bond acceptors (Lipinski definition) is 4. The first kappa shape index (κ1) is 36.3. The highest BCUT2D eigenvalue weighted by atomic mass is 19.4. The quantitative estimate of drug-likeness (QED) is 0.163. The maximum Gasteiger partial charge on any atom is 0.405 e. The number of ketones is 1. The molecule has 8 heteroatoms. The summed E-state index contributed by atoms with van der Waals surface area (Å²) in [4.78, 5) is 31.8. The van der Waals surface area contributed by atoms with E-state index in [1.165, 1.54) is 6.07 Å². The molecule has 0 saturated heterocycles. The van der Waals surface area contributed by atoms with Gasteiger partial charge in [-0.2, -0.15) is 13.2 Å². The second-order valence-corrected chi connectivity index (χ2v) is 11.2. The normalized spacial score (nSPS) is 13.3. The molecule has 0 aromatic heterocycles. The van der Waals surface area contributed by atoms with Gasteiger partial charge in [0.15, 0.2) is 5.78 Å². The number of nitrogens with zero attached hydrogens (tertiary/aromatic N) is 2. The zero-order valence-electron chi connectivity index (χ0n) is 26.7. The van der Waals surface area contributed by atoms with Crippen LogP contribution >= 0.6 is 0 Å². The van der Waals surface area contributed by atoms with Crippen LogP contribution in [0, 0.1) is 5.92 Å². The highest BCUT2D eigenvalue weighted by molar-refractivity contribution is 6.10. The van der Waals surface area contributed by atoms with Crippen molar-refractivity contribution in [2.24, 2.45) is 10.9 Å². The molecular formula is C36H46F3N3O2. The Bertz CT molecular complexity index is 1460. The van der Waals surface area contributed by atoms with Crippen LogP contribution in [0.25, 0.3) is 18.4 Å². The Hall–Kier alpha value is -3.94. The van der Waals surface area contributed by atoms with Gasteiger partial charge >= 0.3 is 6.18 Å². The monoisotopic (exact) mass is 609 g/mol. The van der Waals surface area contributed by atoms with Gasteiger partial charge in [0, 0.05) is 54.5 Å². The molecule has 0 aliphatic heterocycles. The number of allylic oxidation sites excluding steroid dienone is 3. The number of alkyl halides is 3. The van der Waals surface area contributed by atoms with Gasteiger partial charge in [-0.25, -0.2) is 0 Å². The van der Waals surface area contributed by atoms with E-state index in [-0.39, 0.29) is 11.3 Å². The van der Waals surface area contributed by atoms with Crippen molar-refractivity contribution in [1.29, 1.82) is 0 Å². The van der Waals surface area contributed by atoms with E-state index in [9.17, 15) is 22.8 Å². The van der Waals surface area contributed by atoms with Gasteiger partial charge in [-0.15, -0.1) is 0 Å². The molecule has 2 rings (SSSR count). The average Bonchev–Trinajstić information content (AvgIpc) is 2.97. The van der Waals surface area contributed by atoms with Gasteiger partial charge in [-0.05, 0) is 73.4 Å². The highest BCUT2D eigenvalue weighted by Crippen LogP contribution is 2.20. The number of aliphatic imine (C=N–C) groups is 1. The molecule has 2 aromatic carbocycles. The topological polar surface area (TPSA) is 61.8 Å². The highest BCUT2D eigenvalue weighted by Gasteiger charge is 2.28. The van der Waals surface area contributed by atoms with E-state index in [4.69, 9.17) is 0 Å². The van der Waals surface area contributed by atoms with Gasteiger partial charge in [-0.3, -0.25) is 14.6 Å². The van der Waals surface area contributed by atoms with Crippen LogP contribution in [0.3, 0.4) is 0 Å². The Morgan fingerprint density at radius 3 is 2.30 bits per heavy atom. The molecule has 0 saturated carbocycles. The third-order valence-corrected chi connectivity index (χ3v) is 7.38. The van der Waals surface area contributed by atoms with Gasteiger partial charge in [-0.1, -0.05) is 69.8 Å². The number of hydrogen-bond donors (Lipinski definition) is 1. The lowest BCUT2D eigenvalue weighted by Crippen LogP contribution is -2.38. The standard InChI is InChI=1S/C36H46F3N3O2/c1-8-12-27(13-11-14-34(43)30-18-16-29(17-19-30)28(9-2)21-40-25(4)5)22-42(7)23-33-26(6)15-20-32(31(33)10-3)35(44)41-24-36(37,38)39/h9,15-21,23,27H,4,6,8,10-14,22,24H2,1-3,5,7H3,(H,41,44)/b28-9+,33-23+,40-21?. The van der Waals surface area contributed by atoms with Crippen LogP contribution in [0.5, 0.6) is 0 Å². The van der Waals surface area contributed by atoms with E-state index < -0.39 is 18.6 Å². The molecule has 0 fully saturated rings. The molecule has 1 atom stereocenters. The minimum absolute atomic E-state index is 0.110. The number of nitrogens with one attached hydrogen (secondary N) is 1. The van der Waals surface area contributed by atoms with Gasteiger partial charge in [0.05, 0.1) is 0 Å². The third kappa shape index (κ3) is 11.6. The molecule has 0 aliphatic carbocycles. The van der Waals surface area contributed by atoms with Crippen molar-refractivity contribution in [2.45, 2.75) is 72.4 Å². The summed E-state index contributed by atoms with van der Waals surface area (Å²) in [5.74, 6) is -0.296. The summed E-state index contributed by atoms with van der Waals surface area (Å²) < 4.78 is 38.0. The molecule has 238 valence electrons. The molecule has 1 amide bonds. The van der Waals surface area contributed by atoms with E-state index >= 15 is 0 Å². The minimum Gasteiger partial charge on any atom is -0.380 e. The molecule has 0 spiro atoms. The van der Waals surface area contributed by atoms with Crippen LogP contribution < -0.4 is 15.8 Å². The van der Waals surface area contributed by atoms with Crippen LogP contribution in [-0.4, -0.2) is 49.1 Å². The van der Waals surface area contributed by atoms with Crippen molar-refractivity contribution < 1.29 is 22.8 Å². The molecule has 0 radical (unpaired) electrons. The first-order valence-corrected chi connectivity index (χ1v) is 15.2. The number of Topliss-reactive ketones (excluding diaryl/α,β-unsaturated/α-hetero) is 1. The molecule has 1 N–H and O–H groups in total. The molecule has 44 heavy (non-hydrogen) atoms. The van der Waals surface area contributed by atoms with Gasteiger partial charge < -0.3 is 10.2 Å². The fourth-order valence-corrected chi connectivity index (χ4v) is 5.20. The smallest absolute Gasteiger partial charge is 0.380 e. The van der Waals surface area contributed by atoms with E-state index in [1.54, 1.807) is 12.3 Å². The second-order valence-electron chi connectivity index (χ2n) is 11.2. The summed E-state index contributed by atoms with van der Waals surface area (Å²) in [6.07, 6.45) is 5.76. The van der Waals surface area contributed by atoms with Crippen LogP contribution in [0.2, 0.25) is 0 Å². The molecule has 2 aromatic rings. The average molecular weight is 610 g/mol. The zero-order chi connectivity index (χ0) is 32.9. The molecule has 1 unspecified atom stereocenters. The Labute approximate surface area is 260 Å². The lowest BCUT2D eigenvalue weighted by molar-refractivity contribution is -0.123. The van der Waals surface area contributed by atoms with Crippen molar-refractivity contribution in [1.82, 2.24) is 10.2 Å². The fourth-order valence-electron chi connectivity index (χ4n) is 5.20. The summed E-state index contributed by atoms with van der Waals surface area (Å²) >= 11 is 0. The van der Waals surface area contributed by atoms with Crippen LogP contribution in [-0.2, 0) is 6.42 Å². The minimum atomic E-state index is -4.48. The molecule has 0 heterocycles. The van der Waals surface area contributed by atoms with Crippen molar-refractivity contribution in [3.05, 3.63) is 87.4 Å². The van der Waals surface area contributed by atoms with Crippen molar-refractivity contribution >= 4 is 36.3 Å². The zero-order valence-corrected chi connectivity index (χ0v) is 26.7. The lowest BCUT2D eigenvalue weighted by atomic mass is 9.94. The van der Waals surface area contributed by atoms with Crippen LogP contribution in [0.1, 0.15) is 91.6 Å². The predicted molar refractivity (Wildman–Crippen MR) is 176 cm³/mol. The van der Waals surface area contributed by atoms with Gasteiger partial charge in [0.2, 0.25) is 0 Å². The number of carbonyl (C=O) groups excluding carboxylic acids is 2. The first-order chi connectivity index (χ1) is 20.8. The summed E-state index contributed by atoms with van der Waals surface area (Å²) in [7, 11) is 1.95. The maximum absolute atomic E-state index is 12.9. The third-order valence-electron chi connectivity index (χ3n) is 7.38. The number of benzene rings is 2.